The zero-order valence-corrected chi connectivity index (χ0v) is 12.9. The molecule has 3 nitrogen and oxygen atoms in total. The van der Waals surface area contributed by atoms with Crippen molar-refractivity contribution in [3.05, 3.63) is 35.1 Å². The molecule has 3 unspecified atom stereocenters. The third-order valence-corrected chi connectivity index (χ3v) is 3.82. The molecule has 0 saturated carbocycles. The zero-order valence-electron chi connectivity index (χ0n) is 12.1. The predicted octanol–water partition coefficient (Wildman–Crippen LogP) is 2.67. The molecular formula is C15H22ClFN2O. The van der Waals surface area contributed by atoms with E-state index in [1.807, 2.05) is 0 Å². The molecule has 2 N–H and O–H groups in total. The summed E-state index contributed by atoms with van der Waals surface area (Å²) in [6.07, 6.45) is 1.04. The Hall–Kier alpha value is -1.13. The highest BCUT2D eigenvalue weighted by atomic mass is 35.5. The second kappa shape index (κ2) is 7.04. The minimum absolute atomic E-state index is 0. The number of nitrogens with one attached hydrogen (secondary N) is 2. The maximum absolute atomic E-state index is 13.3. The second-order valence-electron chi connectivity index (χ2n) is 5.53. The number of carbonyl (C=O) groups is 1. The molecule has 1 heterocycles. The van der Waals surface area contributed by atoms with Gasteiger partial charge in [-0.1, -0.05) is 6.92 Å². The van der Waals surface area contributed by atoms with Gasteiger partial charge in [-0.15, -0.1) is 12.4 Å². The highest BCUT2D eigenvalue weighted by Crippen LogP contribution is 2.17. The lowest BCUT2D eigenvalue weighted by atomic mass is 9.89. The number of halogens is 2. The molecule has 0 aromatic heterocycles. The van der Waals surface area contributed by atoms with E-state index >= 15 is 0 Å². The molecule has 0 aliphatic carbocycles. The number of hydrogen-bond acceptors (Lipinski definition) is 2. The monoisotopic (exact) mass is 300 g/mol. The first kappa shape index (κ1) is 16.9. The van der Waals surface area contributed by atoms with Crippen molar-refractivity contribution >= 4 is 18.3 Å². The van der Waals surface area contributed by atoms with Crippen molar-refractivity contribution in [2.24, 2.45) is 5.92 Å². The fourth-order valence-corrected chi connectivity index (χ4v) is 2.71. The second-order valence-corrected chi connectivity index (χ2v) is 5.53. The average Bonchev–Trinajstić information content (AvgIpc) is 2.32. The molecule has 112 valence electrons. The van der Waals surface area contributed by atoms with Crippen LogP contribution in [0.2, 0.25) is 0 Å². The predicted molar refractivity (Wildman–Crippen MR) is 80.9 cm³/mol. The highest BCUT2D eigenvalue weighted by Gasteiger charge is 2.28. The fourth-order valence-electron chi connectivity index (χ4n) is 2.71. The molecule has 20 heavy (non-hydrogen) atoms. The van der Waals surface area contributed by atoms with E-state index in [0.717, 1.165) is 18.5 Å². The third kappa shape index (κ3) is 3.93. The first-order valence-electron chi connectivity index (χ1n) is 6.79. The Bertz CT molecular complexity index is 451. The van der Waals surface area contributed by atoms with Gasteiger partial charge in [0, 0.05) is 17.6 Å². The van der Waals surface area contributed by atoms with Crippen LogP contribution in [0.3, 0.4) is 0 Å². The number of hydrogen-bond donors (Lipinski definition) is 2. The van der Waals surface area contributed by atoms with Crippen LogP contribution in [0.25, 0.3) is 0 Å². The summed E-state index contributed by atoms with van der Waals surface area (Å²) in [5.74, 6) is -0.141. The normalized spacial score (nSPS) is 25.7. The Labute approximate surface area is 125 Å². The maximum Gasteiger partial charge on any atom is 0.251 e. The van der Waals surface area contributed by atoms with Gasteiger partial charge in [-0.05, 0) is 56.5 Å². The van der Waals surface area contributed by atoms with E-state index in [0.29, 0.717) is 11.5 Å². The van der Waals surface area contributed by atoms with E-state index in [9.17, 15) is 9.18 Å². The minimum atomic E-state index is -0.368. The van der Waals surface area contributed by atoms with E-state index in [1.165, 1.54) is 12.1 Å². The quantitative estimate of drug-likeness (QED) is 0.882. The van der Waals surface area contributed by atoms with Crippen molar-refractivity contribution in [1.82, 2.24) is 10.6 Å². The summed E-state index contributed by atoms with van der Waals surface area (Å²) in [7, 11) is 0. The fraction of sp³-hybridized carbons (Fsp3) is 0.533. The summed E-state index contributed by atoms with van der Waals surface area (Å²) in [6.45, 7) is 6.97. The maximum atomic E-state index is 13.3. The van der Waals surface area contributed by atoms with Crippen molar-refractivity contribution in [2.75, 3.05) is 6.54 Å². The molecule has 2 rings (SSSR count). The number of amides is 1. The Kier molecular flexibility index (Phi) is 5.96. The molecule has 1 aromatic rings. The lowest BCUT2D eigenvalue weighted by molar-refractivity contribution is 0.0897. The van der Waals surface area contributed by atoms with Gasteiger partial charge in [-0.3, -0.25) is 4.79 Å². The Morgan fingerprint density at radius 2 is 2.05 bits per heavy atom. The molecule has 5 heteroatoms. The summed E-state index contributed by atoms with van der Waals surface area (Å²) < 4.78 is 13.3. The van der Waals surface area contributed by atoms with Crippen LogP contribution in [0.5, 0.6) is 0 Å². The van der Waals surface area contributed by atoms with Gasteiger partial charge in [-0.25, -0.2) is 4.39 Å². The van der Waals surface area contributed by atoms with E-state index in [2.05, 4.69) is 24.5 Å². The van der Waals surface area contributed by atoms with E-state index < -0.39 is 0 Å². The summed E-state index contributed by atoms with van der Waals surface area (Å²) in [4.78, 5) is 12.2. The summed E-state index contributed by atoms with van der Waals surface area (Å²) in [6, 6.07) is 4.74. The lowest BCUT2D eigenvalue weighted by Gasteiger charge is -2.36. The summed E-state index contributed by atoms with van der Waals surface area (Å²) in [5, 5.41) is 6.37. The number of benzene rings is 1. The highest BCUT2D eigenvalue weighted by molar-refractivity contribution is 5.94. The van der Waals surface area contributed by atoms with Gasteiger partial charge in [-0.2, -0.15) is 0 Å². The minimum Gasteiger partial charge on any atom is -0.347 e. The molecule has 1 saturated heterocycles. The number of rotatable bonds is 2. The van der Waals surface area contributed by atoms with Crippen LogP contribution in [0.4, 0.5) is 4.39 Å². The summed E-state index contributed by atoms with van der Waals surface area (Å²) >= 11 is 0. The Morgan fingerprint density at radius 3 is 2.65 bits per heavy atom. The van der Waals surface area contributed by atoms with Crippen molar-refractivity contribution in [2.45, 2.75) is 39.3 Å². The van der Waals surface area contributed by atoms with Gasteiger partial charge in [0.05, 0.1) is 0 Å². The van der Waals surface area contributed by atoms with Gasteiger partial charge in [0.25, 0.3) is 5.91 Å². The van der Waals surface area contributed by atoms with Gasteiger partial charge in [0.15, 0.2) is 0 Å². The van der Waals surface area contributed by atoms with Crippen molar-refractivity contribution < 1.29 is 9.18 Å². The van der Waals surface area contributed by atoms with Gasteiger partial charge in [0.1, 0.15) is 5.82 Å². The molecule has 0 spiro atoms. The van der Waals surface area contributed by atoms with Gasteiger partial charge >= 0.3 is 0 Å². The largest absolute Gasteiger partial charge is 0.347 e. The topological polar surface area (TPSA) is 41.1 Å². The standard InChI is InChI=1S/C15H21FN2O.ClH/c1-9-6-12(8-13(16)7-9)15(19)18-14-10(2)4-5-17-11(14)3;/h6-8,10-11,14,17H,4-5H2,1-3H3,(H,18,19);1H. The smallest absolute Gasteiger partial charge is 0.251 e. The Balaban J connectivity index is 0.00000200. The van der Waals surface area contributed by atoms with E-state index in [4.69, 9.17) is 0 Å². The van der Waals surface area contributed by atoms with Crippen LogP contribution in [0.1, 0.15) is 36.2 Å². The van der Waals surface area contributed by atoms with Crippen molar-refractivity contribution in [3.8, 4) is 0 Å². The molecule has 0 bridgehead atoms. The first-order valence-corrected chi connectivity index (χ1v) is 6.79. The molecule has 1 fully saturated rings. The SMILES string of the molecule is Cc1cc(F)cc(C(=O)NC2C(C)CCNC2C)c1.Cl. The van der Waals surface area contributed by atoms with Crippen LogP contribution in [0.15, 0.2) is 18.2 Å². The third-order valence-electron chi connectivity index (χ3n) is 3.82. The molecule has 1 amide bonds. The van der Waals surface area contributed by atoms with Gasteiger partial charge < -0.3 is 10.6 Å². The van der Waals surface area contributed by atoms with Crippen LogP contribution >= 0.6 is 12.4 Å². The van der Waals surface area contributed by atoms with E-state index in [1.54, 1.807) is 13.0 Å². The zero-order chi connectivity index (χ0) is 14.0. The lowest BCUT2D eigenvalue weighted by Crippen LogP contribution is -2.55. The van der Waals surface area contributed by atoms with Crippen molar-refractivity contribution in [1.29, 1.82) is 0 Å². The number of carbonyl (C=O) groups excluding carboxylic acids is 1. The molecular weight excluding hydrogens is 279 g/mol. The molecule has 1 aromatic carbocycles. The van der Waals surface area contributed by atoms with Crippen LogP contribution in [-0.4, -0.2) is 24.5 Å². The van der Waals surface area contributed by atoms with Crippen LogP contribution in [0, 0.1) is 18.7 Å². The van der Waals surface area contributed by atoms with Crippen LogP contribution < -0.4 is 10.6 Å². The summed E-state index contributed by atoms with van der Waals surface area (Å²) in [5.41, 5.74) is 1.15. The molecule has 0 radical (unpaired) electrons. The molecule has 1 aliphatic rings. The van der Waals surface area contributed by atoms with E-state index in [-0.39, 0.29) is 36.2 Å². The number of piperidine rings is 1. The Morgan fingerprint density at radius 1 is 1.35 bits per heavy atom. The van der Waals surface area contributed by atoms with Gasteiger partial charge in [0.2, 0.25) is 0 Å². The average molecular weight is 301 g/mol. The molecule has 3 atom stereocenters. The number of aryl methyl sites for hydroxylation is 1. The van der Waals surface area contributed by atoms with Crippen LogP contribution in [-0.2, 0) is 0 Å². The molecule has 1 aliphatic heterocycles. The first-order chi connectivity index (χ1) is 8.97. The van der Waals surface area contributed by atoms with Crippen molar-refractivity contribution in [3.63, 3.8) is 0 Å².